The number of nitrogens with zero attached hydrogens (tertiary/aromatic N) is 4. The van der Waals surface area contributed by atoms with Crippen LogP contribution < -0.4 is 0 Å². The molecule has 0 bridgehead atoms. The number of fused-ring (bicyclic) bond motifs is 3. The summed E-state index contributed by atoms with van der Waals surface area (Å²) in [5.41, 5.74) is 15.2. The molecule has 0 aliphatic heterocycles. The molecule has 10 aromatic rings. The Balaban J connectivity index is 1.08. The fraction of sp³-hybridized carbons (Fsp3) is 0. The van der Waals surface area contributed by atoms with Crippen molar-refractivity contribution in [3.63, 3.8) is 0 Å². The molecule has 0 saturated carbocycles. The van der Waals surface area contributed by atoms with Crippen molar-refractivity contribution in [2.24, 2.45) is 0 Å². The minimum Gasteiger partial charge on any atom is -0.309 e. The summed E-state index contributed by atoms with van der Waals surface area (Å²) < 4.78 is 2.38. The van der Waals surface area contributed by atoms with Crippen LogP contribution in [-0.4, -0.2) is 19.5 Å². The average molecular weight is 703 g/mol. The highest BCUT2D eigenvalue weighted by atomic mass is 15.0. The minimum atomic E-state index is 0.694. The van der Waals surface area contributed by atoms with Crippen molar-refractivity contribution in [2.45, 2.75) is 0 Å². The average Bonchev–Trinajstić information content (AvgIpc) is 3.60. The maximum Gasteiger partial charge on any atom is 0.160 e. The van der Waals surface area contributed by atoms with Crippen LogP contribution in [0.3, 0.4) is 0 Å². The normalized spacial score (nSPS) is 11.3. The smallest absolute Gasteiger partial charge is 0.160 e. The molecule has 4 nitrogen and oxygen atoms in total. The lowest BCUT2D eigenvalue weighted by Gasteiger charge is -2.12. The quantitative estimate of drug-likeness (QED) is 0.166. The topological polar surface area (TPSA) is 43.6 Å². The van der Waals surface area contributed by atoms with Crippen molar-refractivity contribution in [3.05, 3.63) is 207 Å². The van der Waals surface area contributed by atoms with E-state index >= 15 is 0 Å². The molecule has 3 aromatic heterocycles. The lowest BCUT2D eigenvalue weighted by molar-refractivity contribution is 1.17. The van der Waals surface area contributed by atoms with Crippen molar-refractivity contribution < 1.29 is 0 Å². The fourth-order valence-electron chi connectivity index (χ4n) is 7.53. The molecule has 0 amide bonds. The molecule has 0 fully saturated rings. The molecular formula is C51H34N4. The van der Waals surface area contributed by atoms with Crippen molar-refractivity contribution in [3.8, 4) is 73.0 Å². The molecule has 0 spiro atoms. The van der Waals surface area contributed by atoms with Crippen molar-refractivity contribution in [1.29, 1.82) is 0 Å². The molecule has 0 N–H and O–H groups in total. The Morgan fingerprint density at radius 2 is 0.764 bits per heavy atom. The summed E-state index contributed by atoms with van der Waals surface area (Å²) in [7, 11) is 0. The van der Waals surface area contributed by atoms with Gasteiger partial charge in [0.25, 0.3) is 0 Å². The van der Waals surface area contributed by atoms with Crippen LogP contribution in [0.2, 0.25) is 0 Å². The van der Waals surface area contributed by atoms with Crippen LogP contribution in [0.15, 0.2) is 207 Å². The van der Waals surface area contributed by atoms with E-state index < -0.39 is 0 Å². The van der Waals surface area contributed by atoms with Crippen molar-refractivity contribution in [2.75, 3.05) is 0 Å². The Morgan fingerprint density at radius 1 is 0.327 bits per heavy atom. The number of benzene rings is 7. The highest BCUT2D eigenvalue weighted by molar-refractivity contribution is 6.11. The van der Waals surface area contributed by atoms with E-state index in [-0.39, 0.29) is 0 Å². The van der Waals surface area contributed by atoms with Gasteiger partial charge in [0.15, 0.2) is 5.82 Å². The molecule has 10 rings (SSSR count). The Morgan fingerprint density at radius 3 is 1.27 bits per heavy atom. The van der Waals surface area contributed by atoms with Gasteiger partial charge in [0, 0.05) is 45.5 Å². The fourth-order valence-corrected chi connectivity index (χ4v) is 7.53. The number of hydrogen-bond donors (Lipinski definition) is 0. The van der Waals surface area contributed by atoms with Crippen LogP contribution in [-0.2, 0) is 0 Å². The maximum absolute atomic E-state index is 5.11. The third-order valence-corrected chi connectivity index (χ3v) is 10.3. The summed E-state index contributed by atoms with van der Waals surface area (Å²) in [4.78, 5) is 14.5. The van der Waals surface area contributed by atoms with Crippen LogP contribution in [0.25, 0.3) is 94.8 Å². The van der Waals surface area contributed by atoms with E-state index in [1.807, 2.05) is 30.5 Å². The van der Waals surface area contributed by atoms with Gasteiger partial charge in [0.2, 0.25) is 0 Å². The molecule has 55 heavy (non-hydrogen) atoms. The second-order valence-corrected chi connectivity index (χ2v) is 13.7. The highest BCUT2D eigenvalue weighted by Gasteiger charge is 2.16. The second kappa shape index (κ2) is 13.8. The van der Waals surface area contributed by atoms with E-state index in [0.29, 0.717) is 5.82 Å². The van der Waals surface area contributed by atoms with E-state index in [9.17, 15) is 0 Å². The Hall–Kier alpha value is -7.43. The lowest BCUT2D eigenvalue weighted by atomic mass is 10.0. The van der Waals surface area contributed by atoms with E-state index in [1.54, 1.807) is 6.20 Å². The predicted molar refractivity (Wildman–Crippen MR) is 227 cm³/mol. The molecule has 0 unspecified atom stereocenters. The van der Waals surface area contributed by atoms with Gasteiger partial charge in [0.05, 0.1) is 22.4 Å². The summed E-state index contributed by atoms with van der Waals surface area (Å²) in [5.74, 6) is 0.694. The van der Waals surface area contributed by atoms with E-state index in [4.69, 9.17) is 9.97 Å². The van der Waals surface area contributed by atoms with Crippen LogP contribution in [0.4, 0.5) is 0 Å². The molecule has 0 radical (unpaired) electrons. The summed E-state index contributed by atoms with van der Waals surface area (Å²) in [6.45, 7) is 0. The van der Waals surface area contributed by atoms with Crippen LogP contribution >= 0.6 is 0 Å². The zero-order valence-corrected chi connectivity index (χ0v) is 29.9. The Labute approximate surface area is 319 Å². The van der Waals surface area contributed by atoms with Gasteiger partial charge in [-0.1, -0.05) is 146 Å². The molecule has 0 saturated heterocycles. The first-order chi connectivity index (χ1) is 27.2. The summed E-state index contributed by atoms with van der Waals surface area (Å²) in [6.07, 6.45) is 3.68. The monoisotopic (exact) mass is 702 g/mol. The maximum atomic E-state index is 5.11. The second-order valence-electron chi connectivity index (χ2n) is 13.7. The predicted octanol–water partition coefficient (Wildman–Crippen LogP) is 13.0. The summed E-state index contributed by atoms with van der Waals surface area (Å²) >= 11 is 0. The Bertz CT molecular complexity index is 2820. The standard InChI is InChI=1S/C51H34N4/c1-4-11-35(12-5-1)41-24-28-49-45(31-41)46-32-42(36-13-6-2-7-14-36)25-29-50(46)55(49)44-26-22-39(23-27-44)48-33-47(53-51(54-48)40-15-8-3-9-16-40)38-20-18-37(19-21-38)43-17-10-30-52-34-43/h1-34H. The van der Waals surface area contributed by atoms with Gasteiger partial charge in [-0.2, -0.15) is 0 Å². The first kappa shape index (κ1) is 32.2. The number of aromatic nitrogens is 4. The zero-order valence-electron chi connectivity index (χ0n) is 29.9. The molecule has 0 aliphatic rings. The molecule has 258 valence electrons. The zero-order chi connectivity index (χ0) is 36.6. The number of hydrogen-bond acceptors (Lipinski definition) is 3. The first-order valence-electron chi connectivity index (χ1n) is 18.5. The summed E-state index contributed by atoms with van der Waals surface area (Å²) in [5, 5.41) is 2.45. The van der Waals surface area contributed by atoms with Gasteiger partial charge in [-0.15, -0.1) is 0 Å². The third kappa shape index (κ3) is 6.16. The summed E-state index contributed by atoms with van der Waals surface area (Å²) in [6, 6.07) is 68.5. The number of pyridine rings is 1. The highest BCUT2D eigenvalue weighted by Crippen LogP contribution is 2.38. The van der Waals surface area contributed by atoms with Gasteiger partial charge in [-0.05, 0) is 81.9 Å². The van der Waals surface area contributed by atoms with E-state index in [2.05, 4.69) is 179 Å². The minimum absolute atomic E-state index is 0.694. The van der Waals surface area contributed by atoms with Gasteiger partial charge in [0.1, 0.15) is 0 Å². The van der Waals surface area contributed by atoms with Crippen LogP contribution in [0.1, 0.15) is 0 Å². The van der Waals surface area contributed by atoms with E-state index in [1.165, 1.54) is 33.0 Å². The van der Waals surface area contributed by atoms with Crippen molar-refractivity contribution in [1.82, 2.24) is 19.5 Å². The molecule has 4 heteroatoms. The molecule has 3 heterocycles. The Kier molecular flexibility index (Phi) is 8.12. The van der Waals surface area contributed by atoms with Gasteiger partial charge in [-0.25, -0.2) is 9.97 Å². The largest absolute Gasteiger partial charge is 0.309 e. The molecule has 7 aromatic carbocycles. The van der Waals surface area contributed by atoms with Gasteiger partial charge >= 0.3 is 0 Å². The van der Waals surface area contributed by atoms with Crippen LogP contribution in [0, 0.1) is 0 Å². The third-order valence-electron chi connectivity index (χ3n) is 10.3. The van der Waals surface area contributed by atoms with Crippen molar-refractivity contribution >= 4 is 21.8 Å². The van der Waals surface area contributed by atoms with E-state index in [0.717, 1.165) is 55.9 Å². The molecular weight excluding hydrogens is 669 g/mol. The molecule has 0 atom stereocenters. The lowest BCUT2D eigenvalue weighted by Crippen LogP contribution is -1.97. The van der Waals surface area contributed by atoms with Gasteiger partial charge in [-0.3, -0.25) is 4.98 Å². The SMILES string of the molecule is c1ccc(-c2ccc3c(c2)c2cc(-c4ccccc4)ccc2n3-c2ccc(-c3cc(-c4ccc(-c5cccnc5)cc4)nc(-c4ccccc4)n3)cc2)cc1. The molecule has 0 aliphatic carbocycles. The number of rotatable bonds is 7. The van der Waals surface area contributed by atoms with Crippen LogP contribution in [0.5, 0.6) is 0 Å². The van der Waals surface area contributed by atoms with Gasteiger partial charge < -0.3 is 4.57 Å². The first-order valence-corrected chi connectivity index (χ1v) is 18.5.